The van der Waals surface area contributed by atoms with E-state index < -0.39 is 15.8 Å². The molecule has 0 bridgehead atoms. The molecular formula is C14H13ClFNO3S. The number of aliphatic hydroxyl groups excluding tert-OH is 1. The van der Waals surface area contributed by atoms with Crippen molar-refractivity contribution >= 4 is 27.3 Å². The Labute approximate surface area is 127 Å². The van der Waals surface area contributed by atoms with Crippen LogP contribution in [0.4, 0.5) is 10.1 Å². The van der Waals surface area contributed by atoms with Crippen molar-refractivity contribution in [1.29, 1.82) is 0 Å². The van der Waals surface area contributed by atoms with Gasteiger partial charge in [-0.2, -0.15) is 0 Å². The van der Waals surface area contributed by atoms with Crippen molar-refractivity contribution in [2.24, 2.45) is 0 Å². The van der Waals surface area contributed by atoms with E-state index in [0.29, 0.717) is 12.1 Å². The number of hydrogen-bond donors (Lipinski definition) is 2. The van der Waals surface area contributed by atoms with Crippen molar-refractivity contribution in [1.82, 2.24) is 0 Å². The molecular weight excluding hydrogens is 317 g/mol. The molecule has 7 heteroatoms. The second-order valence-electron chi connectivity index (χ2n) is 4.35. The fourth-order valence-corrected chi connectivity index (χ4v) is 3.06. The van der Waals surface area contributed by atoms with E-state index in [1.165, 1.54) is 0 Å². The standard InChI is InChI=1S/C14H13ClFNO3S/c15-13-9-12(5-6-14(13)16)21(19,20)17-11-3-1-10(2-4-11)7-8-18/h1-6,9,17-18H,7-8H2. The van der Waals surface area contributed by atoms with Gasteiger partial charge >= 0.3 is 0 Å². The van der Waals surface area contributed by atoms with Crippen LogP contribution in [0.25, 0.3) is 0 Å². The van der Waals surface area contributed by atoms with Gasteiger partial charge in [-0.3, -0.25) is 4.72 Å². The first-order chi connectivity index (χ1) is 9.92. The van der Waals surface area contributed by atoms with Gasteiger partial charge < -0.3 is 5.11 Å². The predicted octanol–water partition coefficient (Wildman–Crippen LogP) is 2.81. The van der Waals surface area contributed by atoms with Crippen LogP contribution in [0.2, 0.25) is 5.02 Å². The Kier molecular flexibility index (Phi) is 4.82. The third kappa shape index (κ3) is 3.93. The molecule has 2 aromatic rings. The second-order valence-corrected chi connectivity index (χ2v) is 6.44. The Morgan fingerprint density at radius 1 is 1.14 bits per heavy atom. The number of nitrogens with one attached hydrogen (secondary N) is 1. The maximum atomic E-state index is 13.1. The molecule has 0 aliphatic carbocycles. The highest BCUT2D eigenvalue weighted by molar-refractivity contribution is 7.92. The van der Waals surface area contributed by atoms with Crippen LogP contribution in [-0.4, -0.2) is 20.1 Å². The SMILES string of the molecule is O=S(=O)(Nc1ccc(CCO)cc1)c1ccc(F)c(Cl)c1. The summed E-state index contributed by atoms with van der Waals surface area (Å²) >= 11 is 5.59. The van der Waals surface area contributed by atoms with Gasteiger partial charge in [-0.25, -0.2) is 12.8 Å². The van der Waals surface area contributed by atoms with Gasteiger partial charge in [-0.05, 0) is 42.3 Å². The molecule has 0 heterocycles. The van der Waals surface area contributed by atoms with Crippen LogP contribution in [0, 0.1) is 5.82 Å². The lowest BCUT2D eigenvalue weighted by molar-refractivity contribution is 0.299. The molecule has 0 fully saturated rings. The smallest absolute Gasteiger partial charge is 0.261 e. The van der Waals surface area contributed by atoms with Crippen LogP contribution in [-0.2, 0) is 16.4 Å². The molecule has 0 aliphatic heterocycles. The van der Waals surface area contributed by atoms with Gasteiger partial charge in [-0.15, -0.1) is 0 Å². The minimum atomic E-state index is -3.83. The second kappa shape index (κ2) is 6.43. The first-order valence-electron chi connectivity index (χ1n) is 6.10. The van der Waals surface area contributed by atoms with E-state index in [1.54, 1.807) is 24.3 Å². The van der Waals surface area contributed by atoms with E-state index in [0.717, 1.165) is 23.8 Å². The normalized spacial score (nSPS) is 11.4. The van der Waals surface area contributed by atoms with E-state index in [4.69, 9.17) is 16.7 Å². The third-order valence-corrected chi connectivity index (χ3v) is 4.48. The number of hydrogen-bond acceptors (Lipinski definition) is 3. The van der Waals surface area contributed by atoms with E-state index in [1.807, 2.05) is 0 Å². The largest absolute Gasteiger partial charge is 0.396 e. The van der Waals surface area contributed by atoms with E-state index in [2.05, 4.69) is 4.72 Å². The minimum Gasteiger partial charge on any atom is -0.396 e. The Morgan fingerprint density at radius 3 is 2.38 bits per heavy atom. The number of sulfonamides is 1. The van der Waals surface area contributed by atoms with Crippen LogP contribution in [0.15, 0.2) is 47.4 Å². The maximum absolute atomic E-state index is 13.1. The zero-order valence-electron chi connectivity index (χ0n) is 10.9. The van der Waals surface area contributed by atoms with Gasteiger partial charge in [0.2, 0.25) is 0 Å². The van der Waals surface area contributed by atoms with Crippen molar-refractivity contribution < 1.29 is 17.9 Å². The van der Waals surface area contributed by atoms with Gasteiger partial charge in [0.25, 0.3) is 10.0 Å². The number of aliphatic hydroxyl groups is 1. The van der Waals surface area contributed by atoms with E-state index >= 15 is 0 Å². The average molecular weight is 330 g/mol. The van der Waals surface area contributed by atoms with Gasteiger partial charge in [0, 0.05) is 12.3 Å². The fraction of sp³-hybridized carbons (Fsp3) is 0.143. The molecule has 0 radical (unpaired) electrons. The number of rotatable bonds is 5. The van der Waals surface area contributed by atoms with Gasteiger partial charge in [0.1, 0.15) is 5.82 Å². The third-order valence-electron chi connectivity index (χ3n) is 2.81. The highest BCUT2D eigenvalue weighted by Crippen LogP contribution is 2.22. The molecule has 0 saturated heterocycles. The summed E-state index contributed by atoms with van der Waals surface area (Å²) in [5.74, 6) is -0.677. The first kappa shape index (κ1) is 15.8. The van der Waals surface area contributed by atoms with Gasteiger partial charge in [0.15, 0.2) is 0 Å². The maximum Gasteiger partial charge on any atom is 0.261 e. The summed E-state index contributed by atoms with van der Waals surface area (Å²) in [6, 6.07) is 9.81. The summed E-state index contributed by atoms with van der Waals surface area (Å²) in [5, 5.41) is 8.56. The number of anilines is 1. The molecule has 0 aliphatic rings. The molecule has 21 heavy (non-hydrogen) atoms. The van der Waals surface area contributed by atoms with Gasteiger partial charge in [0.05, 0.1) is 9.92 Å². The highest BCUT2D eigenvalue weighted by Gasteiger charge is 2.16. The topological polar surface area (TPSA) is 66.4 Å². The van der Waals surface area contributed by atoms with Crippen LogP contribution < -0.4 is 4.72 Å². The molecule has 4 nitrogen and oxygen atoms in total. The monoisotopic (exact) mass is 329 g/mol. The summed E-state index contributed by atoms with van der Waals surface area (Å²) < 4.78 is 39.7. The molecule has 0 atom stereocenters. The molecule has 0 unspecified atom stereocenters. The van der Waals surface area contributed by atoms with Crippen molar-refractivity contribution in [3.63, 3.8) is 0 Å². The Hall–Kier alpha value is -1.63. The highest BCUT2D eigenvalue weighted by atomic mass is 35.5. The molecule has 2 N–H and O–H groups in total. The summed E-state index contributed by atoms with van der Waals surface area (Å²) in [5.41, 5.74) is 1.27. The zero-order chi connectivity index (χ0) is 15.5. The lowest BCUT2D eigenvalue weighted by Gasteiger charge is -2.09. The lowest BCUT2D eigenvalue weighted by atomic mass is 10.1. The lowest BCUT2D eigenvalue weighted by Crippen LogP contribution is -2.13. The van der Waals surface area contributed by atoms with Crippen molar-refractivity contribution in [2.75, 3.05) is 11.3 Å². The Morgan fingerprint density at radius 2 is 1.81 bits per heavy atom. The van der Waals surface area contributed by atoms with Crippen LogP contribution in [0.3, 0.4) is 0 Å². The van der Waals surface area contributed by atoms with Crippen LogP contribution in [0.5, 0.6) is 0 Å². The van der Waals surface area contributed by atoms with Crippen molar-refractivity contribution in [3.05, 3.63) is 58.9 Å². The van der Waals surface area contributed by atoms with Crippen molar-refractivity contribution in [2.45, 2.75) is 11.3 Å². The fourth-order valence-electron chi connectivity index (χ4n) is 1.73. The summed E-state index contributed by atoms with van der Waals surface area (Å²) in [7, 11) is -3.83. The minimum absolute atomic E-state index is 0.0269. The molecule has 0 aromatic heterocycles. The number of halogens is 2. The average Bonchev–Trinajstić information content (AvgIpc) is 2.44. The summed E-state index contributed by atoms with van der Waals surface area (Å²) in [4.78, 5) is -0.117. The molecule has 112 valence electrons. The Bertz CT molecular complexity index is 732. The number of benzene rings is 2. The first-order valence-corrected chi connectivity index (χ1v) is 7.96. The van der Waals surface area contributed by atoms with Crippen LogP contribution in [0.1, 0.15) is 5.56 Å². The van der Waals surface area contributed by atoms with Crippen molar-refractivity contribution in [3.8, 4) is 0 Å². The Balaban J connectivity index is 2.22. The van der Waals surface area contributed by atoms with E-state index in [-0.39, 0.29) is 16.5 Å². The quantitative estimate of drug-likeness (QED) is 0.886. The summed E-state index contributed by atoms with van der Waals surface area (Å²) in [6.07, 6.45) is 0.501. The van der Waals surface area contributed by atoms with Crippen LogP contribution >= 0.6 is 11.6 Å². The predicted molar refractivity (Wildman–Crippen MR) is 79.5 cm³/mol. The molecule has 0 saturated carbocycles. The van der Waals surface area contributed by atoms with E-state index in [9.17, 15) is 12.8 Å². The summed E-state index contributed by atoms with van der Waals surface area (Å²) in [6.45, 7) is 0.0269. The zero-order valence-corrected chi connectivity index (χ0v) is 12.5. The molecule has 0 spiro atoms. The molecule has 0 amide bonds. The molecule has 2 aromatic carbocycles. The van der Waals surface area contributed by atoms with Gasteiger partial charge in [-0.1, -0.05) is 23.7 Å². The molecule has 2 rings (SSSR count).